The van der Waals surface area contributed by atoms with Crippen molar-refractivity contribution in [2.75, 3.05) is 13.7 Å². The Morgan fingerprint density at radius 3 is 2.75 bits per heavy atom. The summed E-state index contributed by atoms with van der Waals surface area (Å²) in [7, 11) is 1.48. The van der Waals surface area contributed by atoms with Crippen molar-refractivity contribution in [3.05, 3.63) is 28.2 Å². The normalized spacial score (nSPS) is 21.9. The highest BCUT2D eigenvalue weighted by Gasteiger charge is 2.39. The van der Waals surface area contributed by atoms with Gasteiger partial charge < -0.3 is 19.8 Å². The van der Waals surface area contributed by atoms with Gasteiger partial charge in [0.15, 0.2) is 0 Å². The molecule has 108 valence electrons. The molecule has 1 aliphatic heterocycles. The third-order valence-electron chi connectivity index (χ3n) is 3.23. The van der Waals surface area contributed by atoms with Crippen molar-refractivity contribution >= 4 is 27.8 Å². The summed E-state index contributed by atoms with van der Waals surface area (Å²) >= 11 is 3.27. The molecule has 1 fully saturated rings. The molecule has 1 amide bonds. The van der Waals surface area contributed by atoms with Crippen LogP contribution in [0, 0.1) is 0 Å². The number of ether oxygens (including phenoxy) is 1. The van der Waals surface area contributed by atoms with E-state index in [-0.39, 0.29) is 13.0 Å². The first-order chi connectivity index (χ1) is 9.43. The first kappa shape index (κ1) is 14.8. The fourth-order valence-corrected chi connectivity index (χ4v) is 2.64. The average Bonchev–Trinajstić information content (AvgIpc) is 2.81. The zero-order valence-electron chi connectivity index (χ0n) is 10.7. The summed E-state index contributed by atoms with van der Waals surface area (Å²) in [4.78, 5) is 24.8. The molecule has 1 unspecified atom stereocenters. The number of hydrogen-bond acceptors (Lipinski definition) is 4. The number of halogens is 1. The predicted molar refractivity (Wildman–Crippen MR) is 73.8 cm³/mol. The van der Waals surface area contributed by atoms with Crippen LogP contribution in [0.1, 0.15) is 16.8 Å². The second-order valence-electron chi connectivity index (χ2n) is 4.55. The van der Waals surface area contributed by atoms with Crippen molar-refractivity contribution in [3.63, 3.8) is 0 Å². The molecule has 0 spiro atoms. The van der Waals surface area contributed by atoms with Crippen molar-refractivity contribution in [3.8, 4) is 5.75 Å². The molecule has 0 bridgehead atoms. The molecule has 1 aromatic carbocycles. The van der Waals surface area contributed by atoms with Crippen LogP contribution in [-0.4, -0.2) is 52.8 Å². The number of aliphatic carboxylic acids is 1. The van der Waals surface area contributed by atoms with Gasteiger partial charge in [0.2, 0.25) is 0 Å². The number of carbonyl (C=O) groups excluding carboxylic acids is 1. The Morgan fingerprint density at radius 1 is 1.45 bits per heavy atom. The number of nitrogens with zero attached hydrogens (tertiary/aromatic N) is 1. The minimum absolute atomic E-state index is 0.0133. The molecular formula is C13H14BrNO5. The van der Waals surface area contributed by atoms with Crippen LogP contribution < -0.4 is 4.74 Å². The molecule has 1 aromatic rings. The molecule has 0 radical (unpaired) electrons. The van der Waals surface area contributed by atoms with Gasteiger partial charge in [-0.3, -0.25) is 4.79 Å². The fraction of sp³-hybridized carbons (Fsp3) is 0.385. The summed E-state index contributed by atoms with van der Waals surface area (Å²) in [6, 6.07) is 3.88. The standard InChI is InChI=1S/C13H14BrNO5/c1-20-8-2-3-10(14)9(5-8)12(17)15-6-7(16)4-11(15)13(18)19/h2-3,5,7,11,16H,4,6H2,1H3,(H,18,19)/t7?,11-/m0/s1. The highest BCUT2D eigenvalue weighted by molar-refractivity contribution is 9.10. The maximum Gasteiger partial charge on any atom is 0.326 e. The summed E-state index contributed by atoms with van der Waals surface area (Å²) in [5.41, 5.74) is 0.310. The zero-order chi connectivity index (χ0) is 14.9. The predicted octanol–water partition coefficient (Wildman–Crippen LogP) is 1.12. The van der Waals surface area contributed by atoms with Crippen molar-refractivity contribution in [2.24, 2.45) is 0 Å². The number of rotatable bonds is 3. The quantitative estimate of drug-likeness (QED) is 0.858. The van der Waals surface area contributed by atoms with Crippen LogP contribution in [0.5, 0.6) is 5.75 Å². The molecule has 6 nitrogen and oxygen atoms in total. The van der Waals surface area contributed by atoms with Gasteiger partial charge in [0.25, 0.3) is 5.91 Å². The van der Waals surface area contributed by atoms with E-state index < -0.39 is 24.0 Å². The highest BCUT2D eigenvalue weighted by Crippen LogP contribution is 2.27. The maximum atomic E-state index is 12.5. The van der Waals surface area contributed by atoms with Crippen molar-refractivity contribution in [1.29, 1.82) is 0 Å². The van der Waals surface area contributed by atoms with Gasteiger partial charge in [-0.25, -0.2) is 4.79 Å². The highest BCUT2D eigenvalue weighted by atomic mass is 79.9. The van der Waals surface area contributed by atoms with E-state index in [1.54, 1.807) is 12.1 Å². The van der Waals surface area contributed by atoms with Gasteiger partial charge in [0, 0.05) is 17.4 Å². The van der Waals surface area contributed by atoms with Gasteiger partial charge >= 0.3 is 5.97 Å². The van der Waals surface area contributed by atoms with E-state index >= 15 is 0 Å². The lowest BCUT2D eigenvalue weighted by Gasteiger charge is -2.22. The van der Waals surface area contributed by atoms with E-state index in [1.165, 1.54) is 18.1 Å². The third kappa shape index (κ3) is 2.78. The number of aliphatic hydroxyl groups excluding tert-OH is 1. The largest absolute Gasteiger partial charge is 0.497 e. The molecule has 0 aliphatic carbocycles. The van der Waals surface area contributed by atoms with Gasteiger partial charge in [-0.2, -0.15) is 0 Å². The lowest BCUT2D eigenvalue weighted by atomic mass is 10.1. The Balaban J connectivity index is 2.33. The number of benzene rings is 1. The zero-order valence-corrected chi connectivity index (χ0v) is 12.3. The van der Waals surface area contributed by atoms with Gasteiger partial charge in [-0.15, -0.1) is 0 Å². The number of amides is 1. The van der Waals surface area contributed by atoms with Gasteiger partial charge in [0.05, 0.1) is 18.8 Å². The van der Waals surface area contributed by atoms with E-state index in [9.17, 15) is 14.7 Å². The van der Waals surface area contributed by atoms with E-state index in [0.717, 1.165) is 0 Å². The van der Waals surface area contributed by atoms with E-state index in [1.807, 2.05) is 0 Å². The number of carboxylic acids is 1. The van der Waals surface area contributed by atoms with Crippen LogP contribution in [0.15, 0.2) is 22.7 Å². The number of aliphatic hydroxyl groups is 1. The summed E-state index contributed by atoms with van der Waals surface area (Å²) in [5.74, 6) is -1.06. The molecule has 2 atom stereocenters. The van der Waals surface area contributed by atoms with Crippen LogP contribution in [0.3, 0.4) is 0 Å². The summed E-state index contributed by atoms with van der Waals surface area (Å²) in [6.45, 7) is 0.0133. The Hall–Kier alpha value is -1.60. The van der Waals surface area contributed by atoms with Gasteiger partial charge in [-0.05, 0) is 34.1 Å². The van der Waals surface area contributed by atoms with Crippen LogP contribution >= 0.6 is 15.9 Å². The minimum atomic E-state index is -1.12. The minimum Gasteiger partial charge on any atom is -0.497 e. The molecule has 2 N–H and O–H groups in total. The topological polar surface area (TPSA) is 87.1 Å². The number of carboxylic acid groups (broad SMARTS) is 1. The molecule has 0 saturated carbocycles. The smallest absolute Gasteiger partial charge is 0.326 e. The monoisotopic (exact) mass is 343 g/mol. The molecule has 1 heterocycles. The molecule has 7 heteroatoms. The Bertz CT molecular complexity index is 548. The van der Waals surface area contributed by atoms with Crippen molar-refractivity contribution in [1.82, 2.24) is 4.90 Å². The summed E-state index contributed by atoms with van der Waals surface area (Å²) in [6.07, 6.45) is -0.771. The van der Waals surface area contributed by atoms with Crippen LogP contribution in [-0.2, 0) is 4.79 Å². The third-order valence-corrected chi connectivity index (χ3v) is 3.92. The molecule has 1 aliphatic rings. The van der Waals surface area contributed by atoms with Crippen LogP contribution in [0.4, 0.5) is 0 Å². The van der Waals surface area contributed by atoms with E-state index in [4.69, 9.17) is 9.84 Å². The number of carbonyl (C=O) groups is 2. The molecule has 0 aromatic heterocycles. The summed E-state index contributed by atoms with van der Waals surface area (Å²) < 4.78 is 5.61. The molecule has 1 saturated heterocycles. The van der Waals surface area contributed by atoms with Gasteiger partial charge in [0.1, 0.15) is 11.8 Å². The second kappa shape index (κ2) is 5.80. The first-order valence-corrected chi connectivity index (χ1v) is 6.78. The Morgan fingerprint density at radius 2 is 2.15 bits per heavy atom. The lowest BCUT2D eigenvalue weighted by Crippen LogP contribution is -2.40. The molecule has 20 heavy (non-hydrogen) atoms. The first-order valence-electron chi connectivity index (χ1n) is 5.99. The van der Waals surface area contributed by atoms with Crippen LogP contribution in [0.25, 0.3) is 0 Å². The van der Waals surface area contributed by atoms with Gasteiger partial charge in [-0.1, -0.05) is 0 Å². The SMILES string of the molecule is COc1ccc(Br)c(C(=O)N2CC(O)C[C@H]2C(=O)O)c1. The van der Waals surface area contributed by atoms with E-state index in [0.29, 0.717) is 15.8 Å². The van der Waals surface area contributed by atoms with Crippen molar-refractivity contribution < 1.29 is 24.5 Å². The number of likely N-dealkylation sites (tertiary alicyclic amines) is 1. The number of hydrogen-bond donors (Lipinski definition) is 2. The summed E-state index contributed by atoms with van der Waals surface area (Å²) in [5, 5.41) is 18.7. The Kier molecular flexibility index (Phi) is 4.29. The molecule has 2 rings (SSSR count). The number of β-amino-alcohol motifs (C(OH)–C–C–N with tert-alkyl or cyclic N) is 1. The fourth-order valence-electron chi connectivity index (χ4n) is 2.22. The second-order valence-corrected chi connectivity index (χ2v) is 5.40. The number of methoxy groups -OCH3 is 1. The average molecular weight is 344 g/mol. The molecular weight excluding hydrogens is 330 g/mol. The van der Waals surface area contributed by atoms with E-state index in [2.05, 4.69) is 15.9 Å². The Labute approximate surface area is 124 Å². The van der Waals surface area contributed by atoms with Crippen LogP contribution in [0.2, 0.25) is 0 Å². The van der Waals surface area contributed by atoms with Crippen molar-refractivity contribution in [2.45, 2.75) is 18.6 Å². The maximum absolute atomic E-state index is 12.5. The lowest BCUT2D eigenvalue weighted by molar-refractivity contribution is -0.141.